The summed E-state index contributed by atoms with van der Waals surface area (Å²) < 4.78 is 31.2. The Balaban J connectivity index is 2.38. The molecule has 0 unspecified atom stereocenters. The number of ether oxygens (including phenoxy) is 1. The van der Waals surface area contributed by atoms with Crippen LogP contribution in [0.25, 0.3) is 0 Å². The van der Waals surface area contributed by atoms with Gasteiger partial charge in [-0.2, -0.15) is 0 Å². The minimum Gasteiger partial charge on any atom is -0.453 e. The van der Waals surface area contributed by atoms with Crippen molar-refractivity contribution in [2.24, 2.45) is 0 Å². The predicted octanol–water partition coefficient (Wildman–Crippen LogP) is 3.99. The minimum absolute atomic E-state index is 0.00213. The Kier molecular flexibility index (Phi) is 3.15. The van der Waals surface area contributed by atoms with E-state index < -0.39 is 11.6 Å². The topological polar surface area (TPSA) is 35.2 Å². The monoisotopic (exact) mass is 255 g/mol. The molecule has 2 aromatic rings. The third-order valence-electron chi connectivity index (χ3n) is 2.05. The summed E-state index contributed by atoms with van der Waals surface area (Å²) in [5.41, 5.74) is 5.94. The van der Waals surface area contributed by atoms with E-state index in [1.54, 1.807) is 18.2 Å². The first-order valence-electron chi connectivity index (χ1n) is 4.74. The van der Waals surface area contributed by atoms with Crippen LogP contribution in [0.2, 0.25) is 5.02 Å². The molecule has 0 aliphatic carbocycles. The van der Waals surface area contributed by atoms with E-state index in [1.807, 2.05) is 0 Å². The fourth-order valence-corrected chi connectivity index (χ4v) is 1.56. The molecule has 0 aliphatic heterocycles. The van der Waals surface area contributed by atoms with Crippen molar-refractivity contribution in [2.75, 3.05) is 5.73 Å². The van der Waals surface area contributed by atoms with Crippen molar-refractivity contribution in [3.8, 4) is 11.5 Å². The molecule has 0 amide bonds. The molecule has 0 saturated heterocycles. The van der Waals surface area contributed by atoms with Crippen LogP contribution in [0.4, 0.5) is 14.5 Å². The SMILES string of the molecule is Nc1cccc(Cl)c1Oc1cc(F)cc(F)c1. The van der Waals surface area contributed by atoms with Crippen LogP contribution in [0.5, 0.6) is 11.5 Å². The van der Waals surface area contributed by atoms with Crippen molar-refractivity contribution >= 4 is 17.3 Å². The number of anilines is 1. The third kappa shape index (κ3) is 2.65. The molecular formula is C12H8ClF2NO. The Labute approximate surface area is 102 Å². The summed E-state index contributed by atoms with van der Waals surface area (Å²) >= 11 is 5.87. The molecule has 0 spiro atoms. The maximum absolute atomic E-state index is 12.9. The highest BCUT2D eigenvalue weighted by Gasteiger charge is 2.09. The third-order valence-corrected chi connectivity index (χ3v) is 2.35. The predicted molar refractivity (Wildman–Crippen MR) is 62.3 cm³/mol. The number of rotatable bonds is 2. The molecule has 0 saturated carbocycles. The molecule has 2 nitrogen and oxygen atoms in total. The number of hydrogen-bond donors (Lipinski definition) is 1. The summed E-state index contributed by atoms with van der Waals surface area (Å²) in [5, 5.41) is 0.273. The Hall–Kier alpha value is -1.81. The van der Waals surface area contributed by atoms with Crippen molar-refractivity contribution in [3.05, 3.63) is 53.1 Å². The zero-order valence-electron chi connectivity index (χ0n) is 8.58. The lowest BCUT2D eigenvalue weighted by Crippen LogP contribution is -1.93. The Morgan fingerprint density at radius 2 is 1.71 bits per heavy atom. The second-order valence-corrected chi connectivity index (χ2v) is 3.77. The number of nitrogen functional groups attached to an aromatic ring is 1. The molecule has 2 N–H and O–H groups in total. The van der Waals surface area contributed by atoms with E-state index in [0.29, 0.717) is 5.69 Å². The summed E-state index contributed by atoms with van der Waals surface area (Å²) in [6, 6.07) is 7.65. The number of halogens is 3. The normalized spacial score (nSPS) is 10.3. The molecular weight excluding hydrogens is 248 g/mol. The first-order valence-corrected chi connectivity index (χ1v) is 5.12. The van der Waals surface area contributed by atoms with Crippen LogP contribution in [0, 0.1) is 11.6 Å². The van der Waals surface area contributed by atoms with Crippen molar-refractivity contribution in [3.63, 3.8) is 0 Å². The molecule has 0 bridgehead atoms. The Morgan fingerprint density at radius 3 is 2.29 bits per heavy atom. The lowest BCUT2D eigenvalue weighted by atomic mass is 10.3. The second kappa shape index (κ2) is 4.59. The summed E-state index contributed by atoms with van der Waals surface area (Å²) in [6.45, 7) is 0. The molecule has 2 rings (SSSR count). The van der Waals surface area contributed by atoms with Gasteiger partial charge in [0.05, 0.1) is 10.7 Å². The van der Waals surface area contributed by atoms with Gasteiger partial charge >= 0.3 is 0 Å². The maximum Gasteiger partial charge on any atom is 0.168 e. The van der Waals surface area contributed by atoms with Crippen LogP contribution in [0.1, 0.15) is 0 Å². The number of benzene rings is 2. The highest BCUT2D eigenvalue weighted by molar-refractivity contribution is 6.32. The van der Waals surface area contributed by atoms with Gasteiger partial charge < -0.3 is 10.5 Å². The number of nitrogens with two attached hydrogens (primary N) is 1. The van der Waals surface area contributed by atoms with E-state index in [1.165, 1.54) is 0 Å². The largest absolute Gasteiger partial charge is 0.453 e. The van der Waals surface area contributed by atoms with Crippen LogP contribution in [-0.2, 0) is 0 Å². The molecule has 0 heterocycles. The van der Waals surface area contributed by atoms with Crippen molar-refractivity contribution in [1.82, 2.24) is 0 Å². The van der Waals surface area contributed by atoms with Gasteiger partial charge in [-0.3, -0.25) is 0 Å². The van der Waals surface area contributed by atoms with Crippen LogP contribution in [0.15, 0.2) is 36.4 Å². The Morgan fingerprint density at radius 1 is 1.06 bits per heavy atom. The second-order valence-electron chi connectivity index (χ2n) is 3.37. The summed E-state index contributed by atoms with van der Waals surface area (Å²) in [6.07, 6.45) is 0. The fraction of sp³-hybridized carbons (Fsp3) is 0. The lowest BCUT2D eigenvalue weighted by Gasteiger charge is -2.10. The molecule has 0 atom stereocenters. The van der Waals surface area contributed by atoms with Gasteiger partial charge in [-0.25, -0.2) is 8.78 Å². The van der Waals surface area contributed by atoms with E-state index in [9.17, 15) is 8.78 Å². The van der Waals surface area contributed by atoms with Crippen LogP contribution >= 0.6 is 11.6 Å². The molecule has 0 radical (unpaired) electrons. The summed E-state index contributed by atoms with van der Waals surface area (Å²) in [5.74, 6) is -1.28. The van der Waals surface area contributed by atoms with Crippen LogP contribution in [-0.4, -0.2) is 0 Å². The van der Waals surface area contributed by atoms with Gasteiger partial charge in [-0.05, 0) is 12.1 Å². The van der Waals surface area contributed by atoms with Crippen molar-refractivity contribution in [1.29, 1.82) is 0 Å². The molecule has 5 heteroatoms. The average Bonchev–Trinajstić information content (AvgIpc) is 2.22. The van der Waals surface area contributed by atoms with Gasteiger partial charge in [0.1, 0.15) is 17.4 Å². The van der Waals surface area contributed by atoms with E-state index in [4.69, 9.17) is 22.1 Å². The quantitative estimate of drug-likeness (QED) is 0.824. The summed E-state index contributed by atoms with van der Waals surface area (Å²) in [7, 11) is 0. The Bertz CT molecular complexity index is 520. The molecule has 0 fully saturated rings. The molecule has 17 heavy (non-hydrogen) atoms. The standard InChI is InChI=1S/C12H8ClF2NO/c13-10-2-1-3-11(16)12(10)17-9-5-7(14)4-8(15)6-9/h1-6H,16H2. The van der Waals surface area contributed by atoms with E-state index in [0.717, 1.165) is 18.2 Å². The van der Waals surface area contributed by atoms with Gasteiger partial charge in [0.15, 0.2) is 5.75 Å². The summed E-state index contributed by atoms with van der Waals surface area (Å²) in [4.78, 5) is 0. The first-order chi connectivity index (χ1) is 8.06. The molecule has 0 aliphatic rings. The fourth-order valence-electron chi connectivity index (χ4n) is 1.34. The first kappa shape index (κ1) is 11.7. The molecule has 88 valence electrons. The van der Waals surface area contributed by atoms with Crippen LogP contribution < -0.4 is 10.5 Å². The zero-order chi connectivity index (χ0) is 12.4. The smallest absolute Gasteiger partial charge is 0.168 e. The maximum atomic E-state index is 12.9. The van der Waals surface area contributed by atoms with Crippen LogP contribution in [0.3, 0.4) is 0 Å². The van der Waals surface area contributed by atoms with E-state index in [2.05, 4.69) is 0 Å². The lowest BCUT2D eigenvalue weighted by molar-refractivity contribution is 0.470. The number of para-hydroxylation sites is 1. The van der Waals surface area contributed by atoms with Gasteiger partial charge in [0.2, 0.25) is 0 Å². The van der Waals surface area contributed by atoms with E-state index in [-0.39, 0.29) is 16.5 Å². The van der Waals surface area contributed by atoms with Gasteiger partial charge in [-0.1, -0.05) is 17.7 Å². The minimum atomic E-state index is -0.731. The van der Waals surface area contributed by atoms with Crippen molar-refractivity contribution < 1.29 is 13.5 Å². The average molecular weight is 256 g/mol. The molecule has 0 aromatic heterocycles. The van der Waals surface area contributed by atoms with E-state index >= 15 is 0 Å². The highest BCUT2D eigenvalue weighted by atomic mass is 35.5. The van der Waals surface area contributed by atoms with Gasteiger partial charge in [0.25, 0.3) is 0 Å². The van der Waals surface area contributed by atoms with Crippen molar-refractivity contribution in [2.45, 2.75) is 0 Å². The highest BCUT2D eigenvalue weighted by Crippen LogP contribution is 2.34. The number of hydrogen-bond acceptors (Lipinski definition) is 2. The van der Waals surface area contributed by atoms with Gasteiger partial charge in [-0.15, -0.1) is 0 Å². The zero-order valence-corrected chi connectivity index (χ0v) is 9.34. The van der Waals surface area contributed by atoms with Gasteiger partial charge in [0, 0.05) is 18.2 Å². The molecule has 2 aromatic carbocycles.